The van der Waals surface area contributed by atoms with E-state index in [4.69, 9.17) is 4.74 Å². The van der Waals surface area contributed by atoms with Gasteiger partial charge in [-0.15, -0.1) is 0 Å². The average molecular weight is 272 g/mol. The van der Waals surface area contributed by atoms with Crippen LogP contribution in [0, 0.1) is 12.7 Å². The highest BCUT2D eigenvalue weighted by Gasteiger charge is 2.10. The van der Waals surface area contributed by atoms with Gasteiger partial charge in [-0.25, -0.2) is 4.39 Å². The van der Waals surface area contributed by atoms with E-state index in [0.717, 1.165) is 20.9 Å². The molecule has 2 nitrogen and oxygen atoms in total. The Balaban J connectivity index is 2.75. The first kappa shape index (κ1) is 10.6. The minimum absolute atomic E-state index is 0.229. The first-order valence-electron chi connectivity index (χ1n) is 4.57. The topological polar surface area (TPSA) is 14.2 Å². The molecule has 0 saturated carbocycles. The summed E-state index contributed by atoms with van der Waals surface area (Å²) in [4.78, 5) is 0. The molecule has 0 fully saturated rings. The van der Waals surface area contributed by atoms with Crippen molar-refractivity contribution in [2.24, 2.45) is 0 Å². The van der Waals surface area contributed by atoms with Gasteiger partial charge in [0, 0.05) is 23.2 Å². The first-order chi connectivity index (χ1) is 7.13. The quantitative estimate of drug-likeness (QED) is 0.816. The molecule has 0 bridgehead atoms. The van der Waals surface area contributed by atoms with Gasteiger partial charge in [-0.3, -0.25) is 0 Å². The summed E-state index contributed by atoms with van der Waals surface area (Å²) in [7, 11) is 1.64. The monoisotopic (exact) mass is 271 g/mol. The fraction of sp³-hybridized carbons (Fsp3) is 0.273. The van der Waals surface area contributed by atoms with E-state index in [9.17, 15) is 4.39 Å². The second-order valence-corrected chi connectivity index (χ2v) is 4.34. The van der Waals surface area contributed by atoms with E-state index in [0.29, 0.717) is 6.73 Å². The van der Waals surface area contributed by atoms with E-state index >= 15 is 0 Å². The molecule has 1 heterocycles. The molecule has 0 aliphatic rings. The molecule has 80 valence electrons. The van der Waals surface area contributed by atoms with Gasteiger partial charge in [0.1, 0.15) is 12.5 Å². The number of fused-ring (bicyclic) bond motifs is 1. The van der Waals surface area contributed by atoms with Gasteiger partial charge in [0.2, 0.25) is 0 Å². The maximum atomic E-state index is 13.2. The van der Waals surface area contributed by atoms with Gasteiger partial charge in [0.15, 0.2) is 0 Å². The zero-order valence-electron chi connectivity index (χ0n) is 8.55. The number of aryl methyl sites for hydroxylation is 1. The summed E-state index contributed by atoms with van der Waals surface area (Å²) in [6.07, 6.45) is 1.96. The number of halogens is 2. The van der Waals surface area contributed by atoms with Crippen LogP contribution >= 0.6 is 15.9 Å². The van der Waals surface area contributed by atoms with Crippen molar-refractivity contribution in [2.75, 3.05) is 7.11 Å². The van der Waals surface area contributed by atoms with Crippen molar-refractivity contribution in [1.29, 1.82) is 0 Å². The third kappa shape index (κ3) is 1.79. The van der Waals surface area contributed by atoms with Crippen LogP contribution in [-0.2, 0) is 11.5 Å². The summed E-state index contributed by atoms with van der Waals surface area (Å²) >= 11 is 3.37. The van der Waals surface area contributed by atoms with Gasteiger partial charge < -0.3 is 9.30 Å². The Kier molecular flexibility index (Phi) is 2.80. The van der Waals surface area contributed by atoms with E-state index in [1.54, 1.807) is 13.2 Å². The second-order valence-electron chi connectivity index (χ2n) is 3.48. The molecule has 0 aliphatic carbocycles. The van der Waals surface area contributed by atoms with Gasteiger partial charge in [-0.1, -0.05) is 0 Å². The minimum Gasteiger partial charge on any atom is -0.364 e. The van der Waals surface area contributed by atoms with Gasteiger partial charge in [0.25, 0.3) is 0 Å². The van der Waals surface area contributed by atoms with E-state index < -0.39 is 0 Å². The van der Waals surface area contributed by atoms with Crippen LogP contribution in [0.25, 0.3) is 10.9 Å². The zero-order valence-corrected chi connectivity index (χ0v) is 10.1. The molecular formula is C11H11BrFNO. The Morgan fingerprint density at radius 1 is 1.47 bits per heavy atom. The molecule has 0 N–H and O–H groups in total. The molecule has 0 unspecified atom stereocenters. The number of hydrogen-bond donors (Lipinski definition) is 0. The molecule has 0 saturated heterocycles. The fourth-order valence-corrected chi connectivity index (χ4v) is 2.43. The zero-order chi connectivity index (χ0) is 11.0. The number of rotatable bonds is 2. The highest BCUT2D eigenvalue weighted by molar-refractivity contribution is 9.10. The average Bonchev–Trinajstić information content (AvgIpc) is 2.44. The summed E-state index contributed by atoms with van der Waals surface area (Å²) < 4.78 is 21.0. The van der Waals surface area contributed by atoms with Gasteiger partial charge in [-0.2, -0.15) is 0 Å². The van der Waals surface area contributed by atoms with Crippen LogP contribution in [-0.4, -0.2) is 11.7 Å². The summed E-state index contributed by atoms with van der Waals surface area (Å²) in [6.45, 7) is 2.43. The third-order valence-electron chi connectivity index (χ3n) is 2.36. The Bertz CT molecular complexity index is 507. The van der Waals surface area contributed by atoms with Crippen LogP contribution in [0.5, 0.6) is 0 Å². The standard InChI is InChI=1S/C11H11BrFNO/c1-7-5-14(6-15-2)11-9(7)3-8(13)4-10(11)12/h3-5H,6H2,1-2H3. The molecule has 0 atom stereocenters. The SMILES string of the molecule is COCn1cc(C)c2cc(F)cc(Br)c21. The van der Waals surface area contributed by atoms with E-state index in [1.165, 1.54) is 6.07 Å². The lowest BCUT2D eigenvalue weighted by molar-refractivity contribution is 0.134. The molecular weight excluding hydrogens is 261 g/mol. The van der Waals surface area contributed by atoms with Crippen LogP contribution in [0.4, 0.5) is 4.39 Å². The lowest BCUT2D eigenvalue weighted by atomic mass is 10.2. The van der Waals surface area contributed by atoms with Gasteiger partial charge in [-0.05, 0) is 40.5 Å². The third-order valence-corrected chi connectivity index (χ3v) is 2.96. The molecule has 0 aliphatic heterocycles. The molecule has 2 rings (SSSR count). The predicted octanol–water partition coefficient (Wildman–Crippen LogP) is 3.46. The largest absolute Gasteiger partial charge is 0.364 e. The lowest BCUT2D eigenvalue weighted by Gasteiger charge is -2.04. The smallest absolute Gasteiger partial charge is 0.125 e. The molecule has 15 heavy (non-hydrogen) atoms. The van der Waals surface area contributed by atoms with Crippen molar-refractivity contribution in [3.63, 3.8) is 0 Å². The summed E-state index contributed by atoms with van der Waals surface area (Å²) in [5, 5.41) is 0.916. The van der Waals surface area contributed by atoms with Gasteiger partial charge >= 0.3 is 0 Å². The number of aromatic nitrogens is 1. The van der Waals surface area contributed by atoms with Crippen LogP contribution < -0.4 is 0 Å². The van der Waals surface area contributed by atoms with Crippen molar-refractivity contribution in [3.8, 4) is 0 Å². The van der Waals surface area contributed by atoms with Crippen molar-refractivity contribution in [1.82, 2.24) is 4.57 Å². The normalized spacial score (nSPS) is 11.2. The molecule has 2 aromatic rings. The summed E-state index contributed by atoms with van der Waals surface area (Å²) in [5.41, 5.74) is 2.01. The Morgan fingerprint density at radius 2 is 2.20 bits per heavy atom. The van der Waals surface area contributed by atoms with E-state index in [-0.39, 0.29) is 5.82 Å². The van der Waals surface area contributed by atoms with Crippen molar-refractivity contribution in [3.05, 3.63) is 34.2 Å². The number of benzene rings is 1. The number of hydrogen-bond acceptors (Lipinski definition) is 1. The van der Waals surface area contributed by atoms with Crippen LogP contribution in [0.2, 0.25) is 0 Å². The molecule has 4 heteroatoms. The summed E-state index contributed by atoms with van der Waals surface area (Å²) in [6, 6.07) is 3.01. The van der Waals surface area contributed by atoms with Crippen molar-refractivity contribution >= 4 is 26.8 Å². The Labute approximate surface area is 95.8 Å². The van der Waals surface area contributed by atoms with Crippen molar-refractivity contribution in [2.45, 2.75) is 13.7 Å². The minimum atomic E-state index is -0.229. The highest BCUT2D eigenvalue weighted by atomic mass is 79.9. The highest BCUT2D eigenvalue weighted by Crippen LogP contribution is 2.29. The van der Waals surface area contributed by atoms with Gasteiger partial charge in [0.05, 0.1) is 5.52 Å². The lowest BCUT2D eigenvalue weighted by Crippen LogP contribution is -1.97. The Hall–Kier alpha value is -0.870. The van der Waals surface area contributed by atoms with E-state index in [1.807, 2.05) is 17.7 Å². The summed E-state index contributed by atoms with van der Waals surface area (Å²) in [5.74, 6) is -0.229. The van der Waals surface area contributed by atoms with Crippen LogP contribution in [0.1, 0.15) is 5.56 Å². The maximum absolute atomic E-state index is 13.2. The number of ether oxygens (including phenoxy) is 1. The molecule has 0 amide bonds. The van der Waals surface area contributed by atoms with Crippen LogP contribution in [0.15, 0.2) is 22.8 Å². The maximum Gasteiger partial charge on any atom is 0.125 e. The predicted molar refractivity (Wildman–Crippen MR) is 61.3 cm³/mol. The number of nitrogens with zero attached hydrogens (tertiary/aromatic N) is 1. The molecule has 0 spiro atoms. The molecule has 1 aromatic carbocycles. The first-order valence-corrected chi connectivity index (χ1v) is 5.36. The Morgan fingerprint density at radius 3 is 2.87 bits per heavy atom. The van der Waals surface area contributed by atoms with Crippen LogP contribution in [0.3, 0.4) is 0 Å². The van der Waals surface area contributed by atoms with Crippen molar-refractivity contribution < 1.29 is 9.13 Å². The second kappa shape index (κ2) is 3.94. The molecule has 0 radical (unpaired) electrons. The number of methoxy groups -OCH3 is 1. The fourth-order valence-electron chi connectivity index (χ4n) is 1.77. The van der Waals surface area contributed by atoms with E-state index in [2.05, 4.69) is 15.9 Å². The molecule has 1 aromatic heterocycles.